The quantitative estimate of drug-likeness (QED) is 0.850. The zero-order valence-electron chi connectivity index (χ0n) is 10.5. The van der Waals surface area contributed by atoms with Crippen LogP contribution in [0, 0.1) is 11.3 Å². The Morgan fingerprint density at radius 3 is 2.67 bits per heavy atom. The molecule has 0 spiro atoms. The highest BCUT2D eigenvalue weighted by atomic mass is 32.2. The molecule has 0 aliphatic rings. The number of nitrogens with zero attached hydrogens (tertiary/aromatic N) is 3. The molecule has 7 heteroatoms. The summed E-state index contributed by atoms with van der Waals surface area (Å²) in [5.41, 5.74) is -1.11. The standard InChI is InChI=1S/C11H15N3O3S/c1-11(2,8-15)14(3)18(16,17)10-5-4-6-13-9(10)7-12/h4-6,15H,8H2,1-3H3. The van der Waals surface area contributed by atoms with Crippen LogP contribution in [0.3, 0.4) is 0 Å². The summed E-state index contributed by atoms with van der Waals surface area (Å²) in [6, 6.07) is 4.52. The van der Waals surface area contributed by atoms with E-state index in [1.54, 1.807) is 19.9 Å². The van der Waals surface area contributed by atoms with E-state index in [0.29, 0.717) is 0 Å². The normalized spacial score (nSPS) is 12.4. The minimum atomic E-state index is -3.86. The number of hydrogen-bond acceptors (Lipinski definition) is 5. The summed E-state index contributed by atoms with van der Waals surface area (Å²) in [6.45, 7) is 2.85. The van der Waals surface area contributed by atoms with E-state index in [4.69, 9.17) is 5.26 Å². The lowest BCUT2D eigenvalue weighted by molar-refractivity contribution is 0.138. The van der Waals surface area contributed by atoms with Crippen LogP contribution in [-0.4, -0.2) is 42.0 Å². The minimum Gasteiger partial charge on any atom is -0.394 e. The molecule has 0 aromatic carbocycles. The summed E-state index contributed by atoms with van der Waals surface area (Å²) >= 11 is 0. The third kappa shape index (κ3) is 2.51. The molecule has 0 saturated carbocycles. The largest absolute Gasteiger partial charge is 0.394 e. The number of hydrogen-bond donors (Lipinski definition) is 1. The van der Waals surface area contributed by atoms with Gasteiger partial charge in [-0.2, -0.15) is 9.57 Å². The van der Waals surface area contributed by atoms with Crippen molar-refractivity contribution in [2.45, 2.75) is 24.3 Å². The van der Waals surface area contributed by atoms with Crippen molar-refractivity contribution in [3.05, 3.63) is 24.0 Å². The molecule has 0 bridgehead atoms. The van der Waals surface area contributed by atoms with Crippen molar-refractivity contribution >= 4 is 10.0 Å². The maximum atomic E-state index is 12.3. The maximum Gasteiger partial charge on any atom is 0.246 e. The number of nitriles is 1. The van der Waals surface area contributed by atoms with Crippen molar-refractivity contribution < 1.29 is 13.5 Å². The molecule has 98 valence electrons. The van der Waals surface area contributed by atoms with E-state index >= 15 is 0 Å². The fraction of sp³-hybridized carbons (Fsp3) is 0.455. The number of sulfonamides is 1. The van der Waals surface area contributed by atoms with Crippen LogP contribution < -0.4 is 0 Å². The predicted molar refractivity (Wildman–Crippen MR) is 65.1 cm³/mol. The van der Waals surface area contributed by atoms with Crippen LogP contribution in [0.15, 0.2) is 23.2 Å². The average molecular weight is 269 g/mol. The predicted octanol–water partition coefficient (Wildman–Crippen LogP) is 0.345. The van der Waals surface area contributed by atoms with Gasteiger partial charge in [0, 0.05) is 13.2 Å². The first-order chi connectivity index (χ1) is 8.27. The van der Waals surface area contributed by atoms with E-state index in [1.165, 1.54) is 25.4 Å². The van der Waals surface area contributed by atoms with Gasteiger partial charge in [0.05, 0.1) is 12.1 Å². The summed E-state index contributed by atoms with van der Waals surface area (Å²) in [5.74, 6) is 0. The number of aromatic nitrogens is 1. The number of rotatable bonds is 4. The van der Waals surface area contributed by atoms with Gasteiger partial charge in [0.1, 0.15) is 11.0 Å². The Morgan fingerprint density at radius 1 is 1.56 bits per heavy atom. The van der Waals surface area contributed by atoms with Crippen molar-refractivity contribution in [3.8, 4) is 6.07 Å². The van der Waals surface area contributed by atoms with Gasteiger partial charge in [-0.25, -0.2) is 13.4 Å². The van der Waals surface area contributed by atoms with Crippen LogP contribution in [0.25, 0.3) is 0 Å². The molecule has 1 aromatic rings. The van der Waals surface area contributed by atoms with Crippen molar-refractivity contribution in [3.63, 3.8) is 0 Å². The summed E-state index contributed by atoms with van der Waals surface area (Å²) in [7, 11) is -2.50. The Hall–Kier alpha value is -1.49. The molecular weight excluding hydrogens is 254 g/mol. The molecule has 18 heavy (non-hydrogen) atoms. The van der Waals surface area contributed by atoms with Crippen LogP contribution in [0.2, 0.25) is 0 Å². The zero-order chi connectivity index (χ0) is 14.0. The second kappa shape index (κ2) is 5.02. The first-order valence-corrected chi connectivity index (χ1v) is 6.66. The van der Waals surface area contributed by atoms with Crippen molar-refractivity contribution in [1.82, 2.24) is 9.29 Å². The van der Waals surface area contributed by atoms with Gasteiger partial charge in [-0.05, 0) is 26.0 Å². The molecule has 0 aliphatic carbocycles. The fourth-order valence-corrected chi connectivity index (χ4v) is 2.85. The number of aliphatic hydroxyl groups excluding tert-OH is 1. The molecule has 0 saturated heterocycles. The van der Waals surface area contributed by atoms with Crippen molar-refractivity contribution in [2.75, 3.05) is 13.7 Å². The van der Waals surface area contributed by atoms with Crippen LogP contribution in [0.4, 0.5) is 0 Å². The molecule has 0 amide bonds. The third-order valence-corrected chi connectivity index (χ3v) is 4.85. The van der Waals surface area contributed by atoms with Crippen LogP contribution >= 0.6 is 0 Å². The summed E-state index contributed by atoms with van der Waals surface area (Å²) in [4.78, 5) is 3.57. The summed E-state index contributed by atoms with van der Waals surface area (Å²) < 4.78 is 25.7. The first-order valence-electron chi connectivity index (χ1n) is 5.22. The smallest absolute Gasteiger partial charge is 0.246 e. The van der Waals surface area contributed by atoms with Gasteiger partial charge in [-0.1, -0.05) is 0 Å². The molecule has 0 atom stereocenters. The molecule has 0 unspecified atom stereocenters. The van der Waals surface area contributed by atoms with E-state index in [9.17, 15) is 13.5 Å². The highest BCUT2D eigenvalue weighted by Gasteiger charge is 2.35. The second-order valence-electron chi connectivity index (χ2n) is 4.41. The topological polar surface area (TPSA) is 94.3 Å². The number of aliphatic hydroxyl groups is 1. The van der Waals surface area contributed by atoms with Gasteiger partial charge in [0.15, 0.2) is 5.69 Å². The number of likely N-dealkylation sites (N-methyl/N-ethyl adjacent to an activating group) is 1. The van der Waals surface area contributed by atoms with Crippen molar-refractivity contribution in [2.24, 2.45) is 0 Å². The van der Waals surface area contributed by atoms with Gasteiger partial charge in [-0.3, -0.25) is 0 Å². The molecule has 0 aliphatic heterocycles. The lowest BCUT2D eigenvalue weighted by Crippen LogP contribution is -2.47. The van der Waals surface area contributed by atoms with Crippen LogP contribution in [0.5, 0.6) is 0 Å². The molecule has 0 fully saturated rings. The fourth-order valence-electron chi connectivity index (χ4n) is 1.26. The lowest BCUT2D eigenvalue weighted by Gasteiger charge is -2.32. The average Bonchev–Trinajstić information content (AvgIpc) is 2.37. The van der Waals surface area contributed by atoms with Crippen LogP contribution in [-0.2, 0) is 10.0 Å². The molecule has 1 heterocycles. The molecule has 6 nitrogen and oxygen atoms in total. The molecule has 1 rings (SSSR count). The van der Waals surface area contributed by atoms with Gasteiger partial charge < -0.3 is 5.11 Å². The van der Waals surface area contributed by atoms with Gasteiger partial charge in [-0.15, -0.1) is 0 Å². The SMILES string of the molecule is CN(C(C)(C)CO)S(=O)(=O)c1cccnc1C#N. The second-order valence-corrected chi connectivity index (χ2v) is 6.34. The maximum absolute atomic E-state index is 12.3. The summed E-state index contributed by atoms with van der Waals surface area (Å²) in [6.07, 6.45) is 1.36. The van der Waals surface area contributed by atoms with E-state index < -0.39 is 15.6 Å². The van der Waals surface area contributed by atoms with Gasteiger partial charge in [0.2, 0.25) is 10.0 Å². The van der Waals surface area contributed by atoms with E-state index in [0.717, 1.165) is 4.31 Å². The molecule has 1 aromatic heterocycles. The Bertz CT molecular complexity index is 575. The number of pyridine rings is 1. The molecule has 1 N–H and O–H groups in total. The van der Waals surface area contributed by atoms with Crippen molar-refractivity contribution in [1.29, 1.82) is 5.26 Å². The minimum absolute atomic E-state index is 0.155. The van der Waals surface area contributed by atoms with Gasteiger partial charge >= 0.3 is 0 Å². The summed E-state index contributed by atoms with van der Waals surface area (Å²) in [5, 5.41) is 18.1. The Kier molecular flexibility index (Phi) is 4.06. The Balaban J connectivity index is 3.36. The van der Waals surface area contributed by atoms with E-state index in [1.807, 2.05) is 0 Å². The Morgan fingerprint density at radius 2 is 2.17 bits per heavy atom. The third-order valence-electron chi connectivity index (χ3n) is 2.75. The van der Waals surface area contributed by atoms with Gasteiger partial charge in [0.25, 0.3) is 0 Å². The van der Waals surface area contributed by atoms with Crippen LogP contribution in [0.1, 0.15) is 19.5 Å². The highest BCUT2D eigenvalue weighted by Crippen LogP contribution is 2.23. The van der Waals surface area contributed by atoms with E-state index in [2.05, 4.69) is 4.98 Å². The first kappa shape index (κ1) is 14.6. The Labute approximate surface area is 107 Å². The highest BCUT2D eigenvalue weighted by molar-refractivity contribution is 7.89. The van der Waals surface area contributed by atoms with E-state index in [-0.39, 0.29) is 17.2 Å². The molecule has 0 radical (unpaired) electrons. The zero-order valence-corrected chi connectivity index (χ0v) is 11.3. The molecular formula is C11H15N3O3S. The monoisotopic (exact) mass is 269 g/mol. The lowest BCUT2D eigenvalue weighted by atomic mass is 10.1.